The Bertz CT molecular complexity index is 679. The molecule has 1 N–H and O–H groups in total. The van der Waals surface area contributed by atoms with E-state index in [1.807, 2.05) is 0 Å². The van der Waals surface area contributed by atoms with E-state index in [2.05, 4.69) is 17.1 Å². The van der Waals surface area contributed by atoms with Gasteiger partial charge in [-0.2, -0.15) is 0 Å². The predicted octanol–water partition coefficient (Wildman–Crippen LogP) is 1.55. The zero-order chi connectivity index (χ0) is 18.0. The normalized spacial score (nSPS) is 20.1. The predicted molar refractivity (Wildman–Crippen MR) is 97.2 cm³/mol. The summed E-state index contributed by atoms with van der Waals surface area (Å²) in [7, 11) is 0. The zero-order valence-electron chi connectivity index (χ0n) is 15.0. The summed E-state index contributed by atoms with van der Waals surface area (Å²) in [6, 6.07) is 0.108. The highest BCUT2D eigenvalue weighted by Crippen LogP contribution is 2.27. The van der Waals surface area contributed by atoms with Crippen LogP contribution in [0.5, 0.6) is 0 Å². The Morgan fingerprint density at radius 1 is 1.08 bits per heavy atom. The van der Waals surface area contributed by atoms with Crippen molar-refractivity contribution in [1.82, 2.24) is 4.90 Å². The number of rotatable bonds is 4. The molecule has 3 rings (SSSR count). The van der Waals surface area contributed by atoms with Gasteiger partial charge < -0.3 is 19.9 Å². The molecule has 0 saturated carbocycles. The molecule has 7 nitrogen and oxygen atoms in total. The first kappa shape index (κ1) is 17.8. The number of carbonyl (C=O) groups excluding carboxylic acids is 1. The SMILES string of the molecule is CCOC(=O)N1CCC(Nc2c(N3CCC(C)CC3)c(=O)c2=O)CC1. The van der Waals surface area contributed by atoms with Gasteiger partial charge in [0.15, 0.2) is 0 Å². The molecule has 0 spiro atoms. The number of anilines is 2. The van der Waals surface area contributed by atoms with Crippen LogP contribution in [0.1, 0.15) is 39.5 Å². The zero-order valence-corrected chi connectivity index (χ0v) is 15.0. The van der Waals surface area contributed by atoms with Gasteiger partial charge >= 0.3 is 6.09 Å². The van der Waals surface area contributed by atoms with E-state index < -0.39 is 5.43 Å². The highest BCUT2D eigenvalue weighted by Gasteiger charge is 2.31. The van der Waals surface area contributed by atoms with Gasteiger partial charge in [0.1, 0.15) is 11.4 Å². The molecule has 0 radical (unpaired) electrons. The minimum Gasteiger partial charge on any atom is -0.450 e. The van der Waals surface area contributed by atoms with Crippen LogP contribution in [0.3, 0.4) is 0 Å². The molecule has 2 heterocycles. The number of ether oxygens (including phenoxy) is 1. The average Bonchev–Trinajstić information content (AvgIpc) is 2.63. The second-order valence-corrected chi connectivity index (χ2v) is 7.16. The summed E-state index contributed by atoms with van der Waals surface area (Å²) >= 11 is 0. The maximum atomic E-state index is 12.0. The van der Waals surface area contributed by atoms with Crippen molar-refractivity contribution in [3.8, 4) is 0 Å². The van der Waals surface area contributed by atoms with Crippen molar-refractivity contribution in [1.29, 1.82) is 0 Å². The number of carbonyl (C=O) groups is 1. The third-order valence-corrected chi connectivity index (χ3v) is 5.35. The largest absolute Gasteiger partial charge is 0.450 e. The highest BCUT2D eigenvalue weighted by atomic mass is 16.6. The summed E-state index contributed by atoms with van der Waals surface area (Å²) in [6.45, 7) is 7.25. The first-order chi connectivity index (χ1) is 12.0. The molecule has 7 heteroatoms. The van der Waals surface area contributed by atoms with Crippen molar-refractivity contribution in [2.45, 2.75) is 45.6 Å². The van der Waals surface area contributed by atoms with E-state index in [0.717, 1.165) is 38.8 Å². The summed E-state index contributed by atoms with van der Waals surface area (Å²) in [5, 5.41) is 3.27. The fourth-order valence-electron chi connectivity index (χ4n) is 3.67. The molecular weight excluding hydrogens is 322 g/mol. The van der Waals surface area contributed by atoms with E-state index in [9.17, 15) is 14.4 Å². The van der Waals surface area contributed by atoms with Crippen LogP contribution in [0, 0.1) is 5.92 Å². The molecule has 25 heavy (non-hydrogen) atoms. The number of likely N-dealkylation sites (tertiary alicyclic amines) is 1. The van der Waals surface area contributed by atoms with Crippen molar-refractivity contribution in [2.75, 3.05) is 43.0 Å². The Morgan fingerprint density at radius 2 is 1.72 bits per heavy atom. The second kappa shape index (κ2) is 7.45. The van der Waals surface area contributed by atoms with Gasteiger partial charge in [-0.3, -0.25) is 9.59 Å². The van der Waals surface area contributed by atoms with Crippen LogP contribution in [0.25, 0.3) is 0 Å². The monoisotopic (exact) mass is 349 g/mol. The summed E-state index contributed by atoms with van der Waals surface area (Å²) in [4.78, 5) is 39.6. The standard InChI is InChI=1S/C18H27N3O4/c1-3-25-18(24)21-10-6-13(7-11-21)19-14-15(17(23)16(14)22)20-8-4-12(2)5-9-20/h12-13,19H,3-11H2,1-2H3. The van der Waals surface area contributed by atoms with E-state index >= 15 is 0 Å². The van der Waals surface area contributed by atoms with Crippen molar-refractivity contribution in [2.24, 2.45) is 5.92 Å². The molecule has 1 aromatic rings. The van der Waals surface area contributed by atoms with Crippen LogP contribution < -0.4 is 21.1 Å². The van der Waals surface area contributed by atoms with Crippen LogP contribution in [0.2, 0.25) is 0 Å². The fourth-order valence-corrected chi connectivity index (χ4v) is 3.67. The number of piperidine rings is 2. The Hall–Kier alpha value is -2.05. The lowest BCUT2D eigenvalue weighted by molar-refractivity contribution is 0.0983. The van der Waals surface area contributed by atoms with Gasteiger partial charge in [0.25, 0.3) is 10.9 Å². The Balaban J connectivity index is 1.59. The molecule has 2 aliphatic heterocycles. The Labute approximate surface area is 147 Å². The topological polar surface area (TPSA) is 79.0 Å². The van der Waals surface area contributed by atoms with E-state index in [1.165, 1.54) is 0 Å². The molecule has 0 unspecified atom stereocenters. The summed E-state index contributed by atoms with van der Waals surface area (Å²) < 4.78 is 5.02. The first-order valence-corrected chi connectivity index (χ1v) is 9.27. The van der Waals surface area contributed by atoms with Crippen molar-refractivity contribution in [3.05, 3.63) is 20.4 Å². The summed E-state index contributed by atoms with van der Waals surface area (Å²) in [5.74, 6) is 0.673. The smallest absolute Gasteiger partial charge is 0.409 e. The van der Waals surface area contributed by atoms with Gasteiger partial charge in [-0.1, -0.05) is 6.92 Å². The van der Waals surface area contributed by atoms with Crippen molar-refractivity contribution >= 4 is 17.5 Å². The lowest BCUT2D eigenvalue weighted by atomic mass is 9.97. The van der Waals surface area contributed by atoms with Gasteiger partial charge in [0.05, 0.1) is 6.61 Å². The van der Waals surface area contributed by atoms with E-state index in [-0.39, 0.29) is 17.6 Å². The van der Waals surface area contributed by atoms with E-state index in [0.29, 0.717) is 37.0 Å². The first-order valence-electron chi connectivity index (χ1n) is 9.27. The lowest BCUT2D eigenvalue weighted by Gasteiger charge is -2.36. The molecule has 1 aromatic carbocycles. The molecule has 0 atom stereocenters. The average molecular weight is 349 g/mol. The highest BCUT2D eigenvalue weighted by molar-refractivity contribution is 5.75. The van der Waals surface area contributed by atoms with Crippen LogP contribution in [0.15, 0.2) is 9.59 Å². The summed E-state index contributed by atoms with van der Waals surface area (Å²) in [5.41, 5.74) is 0.293. The lowest BCUT2D eigenvalue weighted by Crippen LogP contribution is -2.48. The summed E-state index contributed by atoms with van der Waals surface area (Å²) in [6.07, 6.45) is 3.31. The number of hydrogen-bond donors (Lipinski definition) is 1. The molecule has 0 bridgehead atoms. The number of nitrogens with one attached hydrogen (secondary N) is 1. The van der Waals surface area contributed by atoms with Gasteiger partial charge in [0, 0.05) is 32.2 Å². The number of hydrogen-bond acceptors (Lipinski definition) is 6. The maximum absolute atomic E-state index is 12.0. The number of nitrogens with zero attached hydrogens (tertiary/aromatic N) is 2. The molecule has 2 saturated heterocycles. The molecule has 138 valence electrons. The van der Waals surface area contributed by atoms with Gasteiger partial charge in [-0.15, -0.1) is 0 Å². The maximum Gasteiger partial charge on any atom is 0.409 e. The van der Waals surface area contributed by atoms with Gasteiger partial charge in [-0.25, -0.2) is 4.79 Å². The molecule has 2 aliphatic rings. The third-order valence-electron chi connectivity index (χ3n) is 5.35. The number of amides is 1. The van der Waals surface area contributed by atoms with E-state index in [1.54, 1.807) is 11.8 Å². The minimum atomic E-state index is -0.401. The molecule has 0 aromatic heterocycles. The Morgan fingerprint density at radius 3 is 2.32 bits per heavy atom. The third kappa shape index (κ3) is 3.65. The second-order valence-electron chi connectivity index (χ2n) is 7.16. The van der Waals surface area contributed by atoms with Crippen molar-refractivity contribution < 1.29 is 9.53 Å². The van der Waals surface area contributed by atoms with Crippen LogP contribution in [-0.2, 0) is 4.74 Å². The molecule has 0 aliphatic carbocycles. The van der Waals surface area contributed by atoms with Crippen LogP contribution in [0.4, 0.5) is 16.2 Å². The molecular formula is C18H27N3O4. The quantitative estimate of drug-likeness (QED) is 0.831. The van der Waals surface area contributed by atoms with Crippen LogP contribution in [-0.4, -0.2) is 49.8 Å². The minimum absolute atomic E-state index is 0.108. The van der Waals surface area contributed by atoms with Gasteiger partial charge in [-0.05, 0) is 38.5 Å². The molecule has 1 amide bonds. The fraction of sp³-hybridized carbons (Fsp3) is 0.722. The van der Waals surface area contributed by atoms with Crippen LogP contribution >= 0.6 is 0 Å². The van der Waals surface area contributed by atoms with E-state index in [4.69, 9.17) is 4.74 Å². The van der Waals surface area contributed by atoms with Gasteiger partial charge in [0.2, 0.25) is 0 Å². The molecule has 2 fully saturated rings. The van der Waals surface area contributed by atoms with Crippen molar-refractivity contribution in [3.63, 3.8) is 0 Å². The Kier molecular flexibility index (Phi) is 5.30.